The molecule has 33 heavy (non-hydrogen) atoms. The largest absolute Gasteiger partial charge is 0.319 e. The Morgan fingerprint density at radius 1 is 1.09 bits per heavy atom. The maximum absolute atomic E-state index is 13.9. The van der Waals surface area contributed by atoms with E-state index in [2.05, 4.69) is 34.1 Å². The predicted octanol–water partition coefficient (Wildman–Crippen LogP) is 6.83. The van der Waals surface area contributed by atoms with Gasteiger partial charge >= 0.3 is 0 Å². The van der Waals surface area contributed by atoms with Gasteiger partial charge in [-0.15, -0.1) is 0 Å². The fourth-order valence-electron chi connectivity index (χ4n) is 4.72. The van der Waals surface area contributed by atoms with Gasteiger partial charge in [-0.1, -0.05) is 43.5 Å². The van der Waals surface area contributed by atoms with Crippen LogP contribution < -0.4 is 5.32 Å². The van der Waals surface area contributed by atoms with Crippen LogP contribution >= 0.6 is 0 Å². The van der Waals surface area contributed by atoms with Gasteiger partial charge in [0.1, 0.15) is 17.5 Å². The second-order valence-corrected chi connectivity index (χ2v) is 8.69. The van der Waals surface area contributed by atoms with E-state index in [1.165, 1.54) is 49.8 Å². The van der Waals surface area contributed by atoms with E-state index in [9.17, 15) is 14.4 Å². The van der Waals surface area contributed by atoms with E-state index in [-0.39, 0.29) is 11.3 Å². The highest BCUT2D eigenvalue weighted by Crippen LogP contribution is 2.33. The number of hydrogen-bond donors (Lipinski definition) is 1. The van der Waals surface area contributed by atoms with Crippen LogP contribution in [0.25, 0.3) is 11.8 Å². The summed E-state index contributed by atoms with van der Waals surface area (Å²) in [6.45, 7) is 3.97. The average Bonchev–Trinajstić information content (AvgIpc) is 3.12. The molecule has 1 saturated carbocycles. The first-order valence-corrected chi connectivity index (χ1v) is 11.4. The van der Waals surface area contributed by atoms with Crippen molar-refractivity contribution in [3.05, 3.63) is 88.5 Å². The second kappa shape index (κ2) is 9.87. The van der Waals surface area contributed by atoms with Crippen LogP contribution in [-0.2, 0) is 4.79 Å². The number of halogens is 1. The average molecular weight is 442 g/mol. The van der Waals surface area contributed by atoms with E-state index in [0.717, 1.165) is 22.6 Å². The van der Waals surface area contributed by atoms with Crippen LogP contribution in [0.1, 0.15) is 60.5 Å². The van der Waals surface area contributed by atoms with Crippen LogP contribution in [0.15, 0.2) is 60.2 Å². The number of anilines is 1. The number of nitrogens with one attached hydrogen (secondary N) is 1. The van der Waals surface area contributed by atoms with Crippen molar-refractivity contribution in [1.29, 1.82) is 5.26 Å². The Labute approximate surface area is 194 Å². The Kier molecular flexibility index (Phi) is 6.74. The first kappa shape index (κ1) is 22.5. The van der Waals surface area contributed by atoms with Gasteiger partial charge in [0.2, 0.25) is 0 Å². The van der Waals surface area contributed by atoms with Gasteiger partial charge in [-0.3, -0.25) is 4.79 Å². The molecule has 2 aromatic carbocycles. The highest BCUT2D eigenvalue weighted by atomic mass is 19.1. The lowest BCUT2D eigenvalue weighted by atomic mass is 9.84. The van der Waals surface area contributed by atoms with E-state index < -0.39 is 11.7 Å². The smallest absolute Gasteiger partial charge is 0.266 e. The van der Waals surface area contributed by atoms with Crippen molar-refractivity contribution in [3.8, 4) is 11.8 Å². The van der Waals surface area contributed by atoms with E-state index in [1.807, 2.05) is 26.0 Å². The van der Waals surface area contributed by atoms with Crippen LogP contribution in [0, 0.1) is 31.0 Å². The maximum Gasteiger partial charge on any atom is 0.266 e. The van der Waals surface area contributed by atoms with E-state index in [4.69, 9.17) is 0 Å². The number of para-hydroxylation sites is 1. The molecule has 5 heteroatoms. The fourth-order valence-corrected chi connectivity index (χ4v) is 4.72. The molecule has 0 unspecified atom stereocenters. The zero-order chi connectivity index (χ0) is 23.4. The van der Waals surface area contributed by atoms with Gasteiger partial charge in [0.05, 0.1) is 5.69 Å². The monoisotopic (exact) mass is 441 g/mol. The maximum atomic E-state index is 13.9. The minimum Gasteiger partial charge on any atom is -0.319 e. The molecule has 0 spiro atoms. The molecule has 1 N–H and O–H groups in total. The first-order valence-electron chi connectivity index (χ1n) is 11.4. The van der Waals surface area contributed by atoms with Crippen LogP contribution in [0.3, 0.4) is 0 Å². The highest BCUT2D eigenvalue weighted by molar-refractivity contribution is 6.09. The SMILES string of the molecule is Cc1cc(/C=C(\C#N)C(=O)Nc2ccccc2F)c(C)n1-c1ccc(C2CCCCC2)cc1. The zero-order valence-corrected chi connectivity index (χ0v) is 19.1. The molecule has 0 atom stereocenters. The molecule has 4 rings (SSSR count). The van der Waals surface area contributed by atoms with Crippen LogP contribution in [0.5, 0.6) is 0 Å². The van der Waals surface area contributed by atoms with Gasteiger partial charge in [-0.05, 0) is 80.1 Å². The minimum absolute atomic E-state index is 0.0483. The Morgan fingerprint density at radius 3 is 2.45 bits per heavy atom. The topological polar surface area (TPSA) is 57.8 Å². The van der Waals surface area contributed by atoms with E-state index in [1.54, 1.807) is 18.2 Å². The first-order chi connectivity index (χ1) is 16.0. The molecule has 0 saturated heterocycles. The highest BCUT2D eigenvalue weighted by Gasteiger charge is 2.17. The second-order valence-electron chi connectivity index (χ2n) is 8.69. The fraction of sp³-hybridized carbons (Fsp3) is 0.286. The minimum atomic E-state index is -0.635. The van der Waals surface area contributed by atoms with Gasteiger partial charge in [-0.25, -0.2) is 4.39 Å². The molecule has 1 aliphatic rings. The molecule has 1 fully saturated rings. The lowest BCUT2D eigenvalue weighted by Gasteiger charge is -2.22. The zero-order valence-electron chi connectivity index (χ0n) is 19.1. The van der Waals surface area contributed by atoms with Crippen molar-refractivity contribution < 1.29 is 9.18 Å². The standard InChI is InChI=1S/C28H28FN3O/c1-19-16-23(17-24(18-30)28(33)31-27-11-7-6-10-26(27)29)20(2)32(19)25-14-12-22(13-15-25)21-8-4-3-5-9-21/h6-7,10-17,21H,3-5,8-9H2,1-2H3,(H,31,33)/b24-17+. The number of amides is 1. The molecule has 4 nitrogen and oxygen atoms in total. The summed E-state index contributed by atoms with van der Waals surface area (Å²) in [7, 11) is 0. The Balaban J connectivity index is 1.58. The number of nitrogens with zero attached hydrogens (tertiary/aromatic N) is 2. The number of aryl methyl sites for hydroxylation is 1. The summed E-state index contributed by atoms with van der Waals surface area (Å²) in [4.78, 5) is 12.6. The summed E-state index contributed by atoms with van der Waals surface area (Å²) in [5.41, 5.74) is 5.15. The van der Waals surface area contributed by atoms with E-state index in [0.29, 0.717) is 5.92 Å². The number of carbonyl (C=O) groups is 1. The van der Waals surface area contributed by atoms with Crippen LogP contribution in [-0.4, -0.2) is 10.5 Å². The molecule has 3 aromatic rings. The van der Waals surface area contributed by atoms with E-state index >= 15 is 0 Å². The van der Waals surface area contributed by atoms with Crippen molar-refractivity contribution in [1.82, 2.24) is 4.57 Å². The molecular formula is C28H28FN3O. The number of nitriles is 1. The summed E-state index contributed by atoms with van der Waals surface area (Å²) in [6, 6.07) is 18.5. The quantitative estimate of drug-likeness (QED) is 0.349. The number of carbonyl (C=O) groups excluding carboxylic acids is 1. The summed E-state index contributed by atoms with van der Waals surface area (Å²) in [5.74, 6) is -0.522. The number of aromatic nitrogens is 1. The van der Waals surface area contributed by atoms with Crippen LogP contribution in [0.2, 0.25) is 0 Å². The third-order valence-electron chi connectivity index (χ3n) is 6.49. The number of rotatable bonds is 5. The summed E-state index contributed by atoms with van der Waals surface area (Å²) < 4.78 is 16.0. The summed E-state index contributed by atoms with van der Waals surface area (Å²) in [6.07, 6.45) is 8.05. The van der Waals surface area contributed by atoms with Crippen molar-refractivity contribution in [2.24, 2.45) is 0 Å². The third-order valence-corrected chi connectivity index (χ3v) is 6.49. The predicted molar refractivity (Wildman–Crippen MR) is 130 cm³/mol. The molecule has 1 amide bonds. The van der Waals surface area contributed by atoms with Crippen molar-refractivity contribution in [3.63, 3.8) is 0 Å². The van der Waals surface area contributed by atoms with Gasteiger partial charge in [0.25, 0.3) is 5.91 Å². The van der Waals surface area contributed by atoms with Crippen LogP contribution in [0.4, 0.5) is 10.1 Å². The molecule has 0 radical (unpaired) electrons. The van der Waals surface area contributed by atoms with Crippen molar-refractivity contribution in [2.75, 3.05) is 5.32 Å². The normalized spacial score (nSPS) is 14.7. The Morgan fingerprint density at radius 2 is 1.79 bits per heavy atom. The molecular weight excluding hydrogens is 413 g/mol. The van der Waals surface area contributed by atoms with Crippen molar-refractivity contribution in [2.45, 2.75) is 51.9 Å². The van der Waals surface area contributed by atoms with Gasteiger partial charge in [0.15, 0.2) is 0 Å². The van der Waals surface area contributed by atoms with Crippen molar-refractivity contribution >= 4 is 17.7 Å². The molecule has 1 aromatic heterocycles. The lowest BCUT2D eigenvalue weighted by molar-refractivity contribution is -0.112. The number of benzene rings is 2. The molecule has 0 bridgehead atoms. The molecule has 1 heterocycles. The third kappa shape index (κ3) is 4.90. The molecule has 1 aliphatic carbocycles. The Hall–Kier alpha value is -3.65. The van der Waals surface area contributed by atoms with Gasteiger partial charge in [0, 0.05) is 17.1 Å². The Bertz CT molecular complexity index is 1230. The summed E-state index contributed by atoms with van der Waals surface area (Å²) >= 11 is 0. The molecule has 168 valence electrons. The van der Waals surface area contributed by atoms with Gasteiger partial charge < -0.3 is 9.88 Å². The number of hydrogen-bond acceptors (Lipinski definition) is 2. The van der Waals surface area contributed by atoms with Gasteiger partial charge in [-0.2, -0.15) is 5.26 Å². The lowest BCUT2D eigenvalue weighted by Crippen LogP contribution is -2.14. The molecule has 0 aliphatic heterocycles. The summed E-state index contributed by atoms with van der Waals surface area (Å²) in [5, 5.41) is 12.0.